The molecule has 6 rings (SSSR count). The lowest BCUT2D eigenvalue weighted by atomic mass is 9.76. The van der Waals surface area contributed by atoms with Crippen LogP contribution in [0.4, 0.5) is 0 Å². The van der Waals surface area contributed by atoms with Gasteiger partial charge in [0.25, 0.3) is 0 Å². The second-order valence-corrected chi connectivity index (χ2v) is 10.9. The molecule has 0 aliphatic carbocycles. The lowest BCUT2D eigenvalue weighted by molar-refractivity contribution is -0.139. The smallest absolute Gasteiger partial charge is 0.333 e. The normalized spacial score (nSPS) is 12.3. The number of imidazole rings is 1. The zero-order valence-corrected chi connectivity index (χ0v) is 24.3. The average molecular weight is 588 g/mol. The van der Waals surface area contributed by atoms with Gasteiger partial charge >= 0.3 is 11.7 Å². The molecule has 0 bridgehead atoms. The van der Waals surface area contributed by atoms with Crippen LogP contribution in [0.25, 0.3) is 16.7 Å². The first kappa shape index (κ1) is 28.2. The molecule has 1 heterocycles. The summed E-state index contributed by atoms with van der Waals surface area (Å²) in [5.41, 5.74) is 4.48. The van der Waals surface area contributed by atoms with Gasteiger partial charge in [-0.1, -0.05) is 121 Å². The largest absolute Gasteiger partial charge is 0.480 e. The van der Waals surface area contributed by atoms with Crippen molar-refractivity contribution in [1.29, 1.82) is 0 Å². The molecule has 6 aromatic rings. The van der Waals surface area contributed by atoms with E-state index in [1.807, 2.05) is 127 Å². The Kier molecular flexibility index (Phi) is 7.72. The van der Waals surface area contributed by atoms with Crippen molar-refractivity contribution in [2.75, 3.05) is 0 Å². The topological polar surface area (TPSA) is 76.3 Å². The van der Waals surface area contributed by atoms with Crippen LogP contribution in [0.2, 0.25) is 5.02 Å². The second-order valence-electron chi connectivity index (χ2n) is 10.5. The van der Waals surface area contributed by atoms with Crippen LogP contribution in [-0.2, 0) is 23.8 Å². The summed E-state index contributed by atoms with van der Waals surface area (Å²) in [6, 6.07) is 41.7. The molecule has 0 saturated heterocycles. The summed E-state index contributed by atoms with van der Waals surface area (Å²) < 4.78 is 3.15. The van der Waals surface area contributed by atoms with Crippen LogP contribution in [-0.4, -0.2) is 26.3 Å². The molecule has 43 heavy (non-hydrogen) atoms. The third-order valence-electron chi connectivity index (χ3n) is 7.97. The Labute approximate surface area is 254 Å². The highest BCUT2D eigenvalue weighted by atomic mass is 35.5. The number of nitrogens with one attached hydrogen (secondary N) is 1. The van der Waals surface area contributed by atoms with E-state index in [9.17, 15) is 14.7 Å². The van der Waals surface area contributed by atoms with Gasteiger partial charge in [0.15, 0.2) is 0 Å². The molecule has 214 valence electrons. The van der Waals surface area contributed by atoms with Gasteiger partial charge in [0.05, 0.1) is 27.3 Å². The number of para-hydroxylation sites is 1. The van der Waals surface area contributed by atoms with Crippen LogP contribution < -0.4 is 11.0 Å². The molecule has 6 nitrogen and oxygen atoms in total. The van der Waals surface area contributed by atoms with Gasteiger partial charge in [-0.05, 0) is 52.9 Å². The predicted molar refractivity (Wildman–Crippen MR) is 171 cm³/mol. The molecule has 0 aliphatic heterocycles. The Bertz CT molecular complexity index is 1840. The summed E-state index contributed by atoms with van der Waals surface area (Å²) in [6.45, 7) is 0. The molecular weight excluding hydrogens is 558 g/mol. The minimum absolute atomic E-state index is 0.209. The van der Waals surface area contributed by atoms with Crippen molar-refractivity contribution >= 4 is 28.6 Å². The number of aromatic nitrogens is 2. The highest BCUT2D eigenvalue weighted by Gasteiger charge is 2.39. The van der Waals surface area contributed by atoms with E-state index in [4.69, 9.17) is 11.6 Å². The number of hydrogen-bond donors (Lipinski definition) is 2. The highest BCUT2D eigenvalue weighted by molar-refractivity contribution is 6.35. The summed E-state index contributed by atoms with van der Waals surface area (Å²) in [4.78, 5) is 26.0. The monoisotopic (exact) mass is 587 g/mol. The summed E-state index contributed by atoms with van der Waals surface area (Å²) in [7, 11) is 1.72. The van der Waals surface area contributed by atoms with Crippen molar-refractivity contribution < 1.29 is 9.90 Å². The van der Waals surface area contributed by atoms with Gasteiger partial charge in [-0.15, -0.1) is 0 Å². The molecule has 0 amide bonds. The van der Waals surface area contributed by atoms with Crippen LogP contribution >= 0.6 is 11.6 Å². The van der Waals surface area contributed by atoms with E-state index >= 15 is 0 Å². The quantitative estimate of drug-likeness (QED) is 0.188. The van der Waals surface area contributed by atoms with E-state index in [0.29, 0.717) is 16.2 Å². The number of carboxylic acids is 1. The maximum Gasteiger partial charge on any atom is 0.333 e. The summed E-state index contributed by atoms with van der Waals surface area (Å²) in [5.74, 6) is -0.965. The summed E-state index contributed by atoms with van der Waals surface area (Å²) >= 11 is 6.50. The molecule has 5 aromatic carbocycles. The number of fused-ring (bicyclic) bond motifs is 1. The standard InChI is InChI=1S/C36H30ClN3O3/c1-39-32-19-11-18-30(37)33(32)40(35(39)43)29-22-20-25(21-23-29)24-31(34(41)42)38-36(26-12-5-2-6-13-26,27-14-7-3-8-15-27)28-16-9-4-10-17-28/h2-23,31,38H,24H2,1H3,(H,41,42). The van der Waals surface area contributed by atoms with E-state index < -0.39 is 17.6 Å². The van der Waals surface area contributed by atoms with Gasteiger partial charge in [-0.25, -0.2) is 4.79 Å². The fraction of sp³-hybridized carbons (Fsp3) is 0.111. The van der Waals surface area contributed by atoms with Crippen LogP contribution in [0, 0.1) is 0 Å². The lowest BCUT2D eigenvalue weighted by Crippen LogP contribution is -2.53. The van der Waals surface area contributed by atoms with Crippen molar-refractivity contribution in [3.8, 4) is 5.69 Å². The van der Waals surface area contributed by atoms with E-state index in [-0.39, 0.29) is 12.1 Å². The van der Waals surface area contributed by atoms with Gasteiger partial charge in [0.2, 0.25) is 0 Å². The van der Waals surface area contributed by atoms with Gasteiger partial charge in [-0.3, -0.25) is 19.2 Å². The summed E-state index contributed by atoms with van der Waals surface area (Å²) in [5, 5.41) is 14.6. The lowest BCUT2D eigenvalue weighted by Gasteiger charge is -2.39. The highest BCUT2D eigenvalue weighted by Crippen LogP contribution is 2.37. The zero-order valence-electron chi connectivity index (χ0n) is 23.5. The third-order valence-corrected chi connectivity index (χ3v) is 8.28. The van der Waals surface area contributed by atoms with Crippen LogP contribution in [0.3, 0.4) is 0 Å². The molecule has 0 spiro atoms. The van der Waals surface area contributed by atoms with E-state index in [1.165, 1.54) is 0 Å². The van der Waals surface area contributed by atoms with Crippen LogP contribution in [0.15, 0.2) is 138 Å². The molecule has 1 unspecified atom stereocenters. The first-order chi connectivity index (χ1) is 20.9. The van der Waals surface area contributed by atoms with Crippen LogP contribution in [0.1, 0.15) is 22.3 Å². The number of aliphatic carboxylic acids is 1. The third kappa shape index (κ3) is 5.16. The average Bonchev–Trinajstić information content (AvgIpc) is 3.31. The van der Waals surface area contributed by atoms with Crippen molar-refractivity contribution in [1.82, 2.24) is 14.5 Å². The molecule has 0 fully saturated rings. The number of aryl methyl sites for hydroxylation is 1. The predicted octanol–water partition coefficient (Wildman–Crippen LogP) is 6.56. The molecule has 1 aromatic heterocycles. The van der Waals surface area contributed by atoms with Gasteiger partial charge in [0, 0.05) is 7.05 Å². The fourth-order valence-electron chi connectivity index (χ4n) is 5.88. The molecular formula is C36H30ClN3O3. The fourth-order valence-corrected chi connectivity index (χ4v) is 6.13. The molecule has 7 heteroatoms. The minimum atomic E-state index is -0.965. The van der Waals surface area contributed by atoms with Crippen molar-refractivity contribution in [2.45, 2.75) is 18.0 Å². The second kappa shape index (κ2) is 11.8. The molecule has 1 atom stereocenters. The van der Waals surface area contributed by atoms with E-state index in [2.05, 4.69) is 5.32 Å². The number of carboxylic acid groups (broad SMARTS) is 1. The Balaban J connectivity index is 1.40. The molecule has 2 N–H and O–H groups in total. The van der Waals surface area contributed by atoms with Gasteiger partial charge < -0.3 is 5.11 Å². The van der Waals surface area contributed by atoms with Crippen molar-refractivity contribution in [3.05, 3.63) is 171 Å². The Hall–Kier alpha value is -4.91. The van der Waals surface area contributed by atoms with E-state index in [0.717, 1.165) is 27.8 Å². The number of carbonyl (C=O) groups is 1. The van der Waals surface area contributed by atoms with Gasteiger partial charge in [0.1, 0.15) is 6.04 Å². The minimum Gasteiger partial charge on any atom is -0.480 e. The zero-order chi connectivity index (χ0) is 30.0. The van der Waals surface area contributed by atoms with Crippen molar-refractivity contribution in [2.24, 2.45) is 7.05 Å². The van der Waals surface area contributed by atoms with Crippen LogP contribution in [0.5, 0.6) is 0 Å². The molecule has 0 radical (unpaired) electrons. The number of hydrogen-bond acceptors (Lipinski definition) is 3. The Morgan fingerprint density at radius 3 is 1.77 bits per heavy atom. The van der Waals surface area contributed by atoms with Gasteiger partial charge in [-0.2, -0.15) is 0 Å². The maximum atomic E-state index is 13.1. The van der Waals surface area contributed by atoms with E-state index in [1.54, 1.807) is 22.2 Å². The number of rotatable bonds is 9. The molecule has 0 saturated carbocycles. The SMILES string of the molecule is Cn1c(=O)n(-c2ccc(CC(NC(c3ccccc3)(c3ccccc3)c3ccccc3)C(=O)O)cc2)c2c(Cl)cccc21. The Morgan fingerprint density at radius 1 is 0.767 bits per heavy atom. The maximum absolute atomic E-state index is 13.1. The Morgan fingerprint density at radius 2 is 1.28 bits per heavy atom. The summed E-state index contributed by atoms with van der Waals surface area (Å²) in [6.07, 6.45) is 0.217. The first-order valence-electron chi connectivity index (χ1n) is 14.0. The number of halogens is 1. The number of benzene rings is 5. The van der Waals surface area contributed by atoms with Crippen molar-refractivity contribution in [3.63, 3.8) is 0 Å². The number of nitrogens with zero attached hydrogens (tertiary/aromatic N) is 2. The molecule has 0 aliphatic rings. The first-order valence-corrected chi connectivity index (χ1v) is 14.4.